The van der Waals surface area contributed by atoms with Crippen molar-refractivity contribution in [2.75, 3.05) is 27.9 Å². The van der Waals surface area contributed by atoms with Gasteiger partial charge >= 0.3 is 11.9 Å². The Morgan fingerprint density at radius 1 is 1.00 bits per heavy atom. The van der Waals surface area contributed by atoms with E-state index in [2.05, 4.69) is 0 Å². The molecule has 2 aromatic rings. The van der Waals surface area contributed by atoms with Gasteiger partial charge in [0, 0.05) is 11.1 Å². The van der Waals surface area contributed by atoms with Crippen LogP contribution in [0.25, 0.3) is 11.1 Å². The highest BCUT2D eigenvalue weighted by atomic mass is 16.5. The van der Waals surface area contributed by atoms with Crippen molar-refractivity contribution in [3.8, 4) is 28.4 Å². The molecule has 180 valence electrons. The molecule has 1 heterocycles. The number of carbonyl (C=O) groups excluding carboxylic acids is 2. The molecule has 0 bridgehead atoms. The maximum atomic E-state index is 13.0. The molecule has 2 saturated carbocycles. The van der Waals surface area contributed by atoms with Crippen LogP contribution in [-0.4, -0.2) is 39.9 Å². The molecule has 2 fully saturated rings. The summed E-state index contributed by atoms with van der Waals surface area (Å²) in [7, 11) is 4.58. The van der Waals surface area contributed by atoms with Gasteiger partial charge in [-0.1, -0.05) is 31.4 Å². The number of fused-ring (bicyclic) bond motifs is 1. The summed E-state index contributed by atoms with van der Waals surface area (Å²) in [6, 6.07) is 9.24. The number of esters is 2. The first-order chi connectivity index (χ1) is 16.5. The lowest BCUT2D eigenvalue weighted by atomic mass is 9.52. The Labute approximate surface area is 199 Å². The molecule has 3 aliphatic rings. The third-order valence-electron chi connectivity index (χ3n) is 7.93. The summed E-state index contributed by atoms with van der Waals surface area (Å²) in [4.78, 5) is 25.2. The van der Waals surface area contributed by atoms with Gasteiger partial charge in [-0.2, -0.15) is 0 Å². The zero-order chi connectivity index (χ0) is 23.9. The lowest BCUT2D eigenvalue weighted by Gasteiger charge is -2.52. The summed E-state index contributed by atoms with van der Waals surface area (Å²) < 4.78 is 28.3. The second-order valence-electron chi connectivity index (χ2n) is 9.36. The van der Waals surface area contributed by atoms with Crippen molar-refractivity contribution >= 4 is 11.9 Å². The highest BCUT2D eigenvalue weighted by Crippen LogP contribution is 2.57. The Kier molecular flexibility index (Phi) is 5.88. The lowest BCUT2D eigenvalue weighted by molar-refractivity contribution is -0.175. The molecule has 7 nitrogen and oxygen atoms in total. The molecule has 34 heavy (non-hydrogen) atoms. The van der Waals surface area contributed by atoms with Crippen molar-refractivity contribution in [1.82, 2.24) is 0 Å². The Hall–Kier alpha value is -3.22. The average molecular weight is 467 g/mol. The summed E-state index contributed by atoms with van der Waals surface area (Å²) in [6.45, 7) is 0.399. The maximum Gasteiger partial charge on any atom is 0.338 e. The molecule has 0 radical (unpaired) electrons. The number of hydrogen-bond acceptors (Lipinski definition) is 7. The number of methoxy groups -OCH3 is 3. The van der Waals surface area contributed by atoms with Gasteiger partial charge in [0.2, 0.25) is 5.75 Å². The van der Waals surface area contributed by atoms with Crippen LogP contribution in [0.3, 0.4) is 0 Å². The van der Waals surface area contributed by atoms with Gasteiger partial charge in [-0.25, -0.2) is 4.79 Å². The van der Waals surface area contributed by atoms with Crippen molar-refractivity contribution in [2.24, 2.45) is 17.3 Å². The standard InChI is InChI=1S/C27H30O7/c1-30-22-11-10-18(17-8-5-9-19-20(17)14-33-25(19)28)23(24(22)31-2)34-15-27(26(29)32-3)13-12-21(27)16-6-4-7-16/h5,8-11,16,21H,4,6-7,12-15H2,1-3H3. The van der Waals surface area contributed by atoms with Crippen molar-refractivity contribution in [2.45, 2.75) is 38.7 Å². The minimum Gasteiger partial charge on any atom is -0.493 e. The Morgan fingerprint density at radius 2 is 1.79 bits per heavy atom. The predicted molar refractivity (Wildman–Crippen MR) is 124 cm³/mol. The van der Waals surface area contributed by atoms with Crippen LogP contribution in [0.4, 0.5) is 0 Å². The zero-order valence-corrected chi connectivity index (χ0v) is 19.8. The number of carbonyl (C=O) groups is 2. The summed E-state index contributed by atoms with van der Waals surface area (Å²) in [5.41, 5.74) is 2.28. The number of rotatable bonds is 8. The molecule has 0 aromatic heterocycles. The number of benzene rings is 2. The predicted octanol–water partition coefficient (Wildman–Crippen LogP) is 4.79. The van der Waals surface area contributed by atoms with Gasteiger partial charge in [0.1, 0.15) is 18.6 Å². The van der Waals surface area contributed by atoms with Gasteiger partial charge in [-0.3, -0.25) is 4.79 Å². The molecule has 2 aromatic carbocycles. The molecule has 1 aliphatic heterocycles. The smallest absolute Gasteiger partial charge is 0.338 e. The van der Waals surface area contributed by atoms with Crippen molar-refractivity contribution in [3.63, 3.8) is 0 Å². The van der Waals surface area contributed by atoms with E-state index >= 15 is 0 Å². The van der Waals surface area contributed by atoms with E-state index in [1.807, 2.05) is 24.3 Å². The summed E-state index contributed by atoms with van der Waals surface area (Å²) in [6.07, 6.45) is 5.28. The van der Waals surface area contributed by atoms with E-state index < -0.39 is 5.41 Å². The van der Waals surface area contributed by atoms with Gasteiger partial charge in [-0.15, -0.1) is 0 Å². The van der Waals surface area contributed by atoms with Crippen molar-refractivity contribution in [3.05, 3.63) is 41.5 Å². The van der Waals surface area contributed by atoms with Gasteiger partial charge < -0.3 is 23.7 Å². The fourth-order valence-electron chi connectivity index (χ4n) is 5.74. The van der Waals surface area contributed by atoms with Crippen LogP contribution in [-0.2, 0) is 20.9 Å². The van der Waals surface area contributed by atoms with E-state index in [9.17, 15) is 9.59 Å². The molecular formula is C27H30O7. The van der Waals surface area contributed by atoms with E-state index in [1.165, 1.54) is 13.5 Å². The maximum absolute atomic E-state index is 13.0. The topological polar surface area (TPSA) is 80.3 Å². The molecular weight excluding hydrogens is 436 g/mol. The average Bonchev–Trinajstić information content (AvgIpc) is 3.21. The second kappa shape index (κ2) is 8.85. The molecule has 0 N–H and O–H groups in total. The first-order valence-corrected chi connectivity index (χ1v) is 11.8. The second-order valence-corrected chi connectivity index (χ2v) is 9.36. The largest absolute Gasteiger partial charge is 0.493 e. The van der Waals surface area contributed by atoms with Crippen LogP contribution in [0, 0.1) is 17.3 Å². The number of cyclic esters (lactones) is 1. The SMILES string of the molecule is COC(=O)C1(COc2c(-c3cccc4c3COC4=O)ccc(OC)c2OC)CCC1C1CCC1. The van der Waals surface area contributed by atoms with Crippen molar-refractivity contribution < 1.29 is 33.3 Å². The van der Waals surface area contributed by atoms with Gasteiger partial charge in [-0.05, 0) is 48.4 Å². The third kappa shape index (κ3) is 3.40. The van der Waals surface area contributed by atoms with E-state index in [4.69, 9.17) is 23.7 Å². The lowest BCUT2D eigenvalue weighted by Crippen LogP contribution is -2.55. The summed E-state index contributed by atoms with van der Waals surface area (Å²) >= 11 is 0. The van der Waals surface area contributed by atoms with Crippen LogP contribution in [0.1, 0.15) is 48.0 Å². The Morgan fingerprint density at radius 3 is 2.41 bits per heavy atom. The van der Waals surface area contributed by atoms with Gasteiger partial charge in [0.25, 0.3) is 0 Å². The number of hydrogen-bond donors (Lipinski definition) is 0. The van der Waals surface area contributed by atoms with Crippen LogP contribution >= 0.6 is 0 Å². The van der Waals surface area contributed by atoms with Crippen LogP contribution in [0.5, 0.6) is 17.2 Å². The third-order valence-corrected chi connectivity index (χ3v) is 7.93. The molecule has 0 saturated heterocycles. The van der Waals surface area contributed by atoms with Crippen LogP contribution in [0.15, 0.2) is 30.3 Å². The number of ether oxygens (including phenoxy) is 5. The zero-order valence-electron chi connectivity index (χ0n) is 19.8. The molecule has 0 amide bonds. The molecule has 2 aliphatic carbocycles. The first kappa shape index (κ1) is 22.6. The van der Waals surface area contributed by atoms with Crippen molar-refractivity contribution in [1.29, 1.82) is 0 Å². The molecule has 5 rings (SSSR count). The van der Waals surface area contributed by atoms with E-state index in [1.54, 1.807) is 20.3 Å². The highest BCUT2D eigenvalue weighted by molar-refractivity contribution is 5.96. The van der Waals surface area contributed by atoms with E-state index in [-0.39, 0.29) is 31.1 Å². The molecule has 0 spiro atoms. The Balaban J connectivity index is 1.56. The monoisotopic (exact) mass is 466 g/mol. The molecule has 7 heteroatoms. The van der Waals surface area contributed by atoms with Crippen LogP contribution < -0.4 is 14.2 Å². The van der Waals surface area contributed by atoms with E-state index in [0.717, 1.165) is 42.4 Å². The highest BCUT2D eigenvalue weighted by Gasteiger charge is 2.57. The fourth-order valence-corrected chi connectivity index (χ4v) is 5.74. The molecule has 2 unspecified atom stereocenters. The normalized spacial score (nSPS) is 23.3. The Bertz CT molecular complexity index is 1120. The minimum atomic E-state index is -0.664. The minimum absolute atomic E-state index is 0.196. The first-order valence-electron chi connectivity index (χ1n) is 11.8. The molecule has 2 atom stereocenters. The fraction of sp³-hybridized carbons (Fsp3) is 0.481. The summed E-state index contributed by atoms with van der Waals surface area (Å²) in [5.74, 6) is 1.72. The van der Waals surface area contributed by atoms with Gasteiger partial charge in [0.05, 0.1) is 26.9 Å². The van der Waals surface area contributed by atoms with E-state index in [0.29, 0.717) is 28.7 Å². The van der Waals surface area contributed by atoms with Gasteiger partial charge in [0.15, 0.2) is 11.5 Å². The quantitative estimate of drug-likeness (QED) is 0.518. The summed E-state index contributed by atoms with van der Waals surface area (Å²) in [5, 5.41) is 0. The van der Waals surface area contributed by atoms with Crippen LogP contribution in [0.2, 0.25) is 0 Å².